The smallest absolute Gasteiger partial charge is 0.228 e. The lowest BCUT2D eigenvalue weighted by Crippen LogP contribution is -2.37. The van der Waals surface area contributed by atoms with Crippen LogP contribution in [0.1, 0.15) is 26.7 Å². The number of hydrogen-bond acceptors (Lipinski definition) is 3. The Morgan fingerprint density at radius 3 is 2.17 bits per heavy atom. The average Bonchev–Trinajstić information content (AvgIpc) is 2.51. The Hall–Kier alpha value is -1.88. The third kappa shape index (κ3) is 6.82. The molecule has 2 amide bonds. The highest BCUT2D eigenvalue weighted by Crippen LogP contribution is 2.14. The van der Waals surface area contributed by atoms with Crippen LogP contribution in [0, 0.1) is 0 Å². The molecule has 0 atom stereocenters. The molecule has 1 rings (SSSR count). The van der Waals surface area contributed by atoms with E-state index in [-0.39, 0.29) is 11.8 Å². The van der Waals surface area contributed by atoms with Gasteiger partial charge in [0.2, 0.25) is 11.8 Å². The van der Waals surface area contributed by atoms with E-state index in [0.717, 1.165) is 18.7 Å². The lowest BCUT2D eigenvalue weighted by molar-refractivity contribution is -0.129. The second-order valence-electron chi connectivity index (χ2n) is 5.89. The highest BCUT2D eigenvalue weighted by atomic mass is 16.2. The molecule has 0 fully saturated rings. The number of carbonyl (C=O) groups is 2. The maximum Gasteiger partial charge on any atom is 0.228 e. The van der Waals surface area contributed by atoms with E-state index in [9.17, 15) is 9.59 Å². The molecule has 0 saturated heterocycles. The standard InChI is InChI=1S/C18H29N3O2/c1-5-21(17-10-7-6-8-11-17)18(23)12-15-20(16(2)22)14-9-13-19(3)4/h6-8,10-11H,5,9,12-15H2,1-4H3. The maximum atomic E-state index is 12.5. The summed E-state index contributed by atoms with van der Waals surface area (Å²) in [4.78, 5) is 29.8. The minimum Gasteiger partial charge on any atom is -0.342 e. The van der Waals surface area contributed by atoms with Crippen LogP contribution in [0.4, 0.5) is 5.69 Å². The van der Waals surface area contributed by atoms with E-state index < -0.39 is 0 Å². The summed E-state index contributed by atoms with van der Waals surface area (Å²) in [6.07, 6.45) is 1.27. The van der Waals surface area contributed by atoms with Crippen molar-refractivity contribution >= 4 is 17.5 Å². The molecule has 23 heavy (non-hydrogen) atoms. The van der Waals surface area contributed by atoms with Crippen molar-refractivity contribution in [3.63, 3.8) is 0 Å². The summed E-state index contributed by atoms with van der Waals surface area (Å²) in [5.74, 6) is 0.0804. The first-order valence-electron chi connectivity index (χ1n) is 8.21. The van der Waals surface area contributed by atoms with E-state index in [1.807, 2.05) is 51.4 Å². The van der Waals surface area contributed by atoms with Crippen LogP contribution in [0.15, 0.2) is 30.3 Å². The van der Waals surface area contributed by atoms with Gasteiger partial charge in [-0.2, -0.15) is 0 Å². The number of hydrogen-bond donors (Lipinski definition) is 0. The summed E-state index contributed by atoms with van der Waals surface area (Å²) in [6, 6.07) is 9.65. The van der Waals surface area contributed by atoms with Crippen LogP contribution in [0.25, 0.3) is 0 Å². The van der Waals surface area contributed by atoms with Gasteiger partial charge in [0.25, 0.3) is 0 Å². The van der Waals surface area contributed by atoms with Crippen LogP contribution in [-0.4, -0.2) is 61.9 Å². The maximum absolute atomic E-state index is 12.5. The molecule has 0 unspecified atom stereocenters. The Morgan fingerprint density at radius 2 is 1.65 bits per heavy atom. The van der Waals surface area contributed by atoms with Gasteiger partial charge in [0, 0.05) is 38.7 Å². The van der Waals surface area contributed by atoms with Crippen molar-refractivity contribution in [2.45, 2.75) is 26.7 Å². The van der Waals surface area contributed by atoms with Gasteiger partial charge in [-0.05, 0) is 46.1 Å². The number of anilines is 1. The fraction of sp³-hybridized carbons (Fsp3) is 0.556. The quantitative estimate of drug-likeness (QED) is 0.701. The van der Waals surface area contributed by atoms with Gasteiger partial charge in [-0.25, -0.2) is 0 Å². The van der Waals surface area contributed by atoms with E-state index in [2.05, 4.69) is 4.90 Å². The van der Waals surface area contributed by atoms with Gasteiger partial charge in [-0.15, -0.1) is 0 Å². The van der Waals surface area contributed by atoms with Crippen LogP contribution in [0.3, 0.4) is 0 Å². The summed E-state index contributed by atoms with van der Waals surface area (Å²) in [5.41, 5.74) is 0.905. The molecule has 128 valence electrons. The van der Waals surface area contributed by atoms with Crippen molar-refractivity contribution in [2.75, 3.05) is 45.2 Å². The largest absolute Gasteiger partial charge is 0.342 e. The van der Waals surface area contributed by atoms with Gasteiger partial charge in [0.05, 0.1) is 0 Å². The molecule has 0 aliphatic heterocycles. The third-order valence-corrected chi connectivity index (χ3v) is 3.76. The Balaban J connectivity index is 2.55. The second-order valence-corrected chi connectivity index (χ2v) is 5.89. The van der Waals surface area contributed by atoms with E-state index in [1.54, 1.807) is 16.7 Å². The molecule has 0 aliphatic carbocycles. The first-order valence-corrected chi connectivity index (χ1v) is 8.21. The molecule has 5 nitrogen and oxygen atoms in total. The zero-order valence-electron chi connectivity index (χ0n) is 14.8. The predicted octanol–water partition coefficient (Wildman–Crippen LogP) is 2.23. The number of amides is 2. The number of para-hydroxylation sites is 1. The topological polar surface area (TPSA) is 43.9 Å². The monoisotopic (exact) mass is 319 g/mol. The van der Waals surface area contributed by atoms with Crippen molar-refractivity contribution in [1.29, 1.82) is 0 Å². The Morgan fingerprint density at radius 1 is 1.00 bits per heavy atom. The lowest BCUT2D eigenvalue weighted by Gasteiger charge is -2.25. The van der Waals surface area contributed by atoms with E-state index in [4.69, 9.17) is 0 Å². The molecule has 1 aromatic carbocycles. The molecule has 5 heteroatoms. The summed E-state index contributed by atoms with van der Waals surface area (Å²) >= 11 is 0. The molecule has 0 heterocycles. The second kappa shape index (κ2) is 10.0. The van der Waals surface area contributed by atoms with Crippen molar-refractivity contribution in [3.8, 4) is 0 Å². The van der Waals surface area contributed by atoms with Gasteiger partial charge in [-0.1, -0.05) is 18.2 Å². The molecule has 0 aliphatic rings. The molecule has 0 spiro atoms. The SMILES string of the molecule is CCN(C(=O)CCN(CCCN(C)C)C(C)=O)c1ccccc1. The van der Waals surface area contributed by atoms with E-state index in [1.165, 1.54) is 0 Å². The average molecular weight is 319 g/mol. The van der Waals surface area contributed by atoms with Crippen LogP contribution in [-0.2, 0) is 9.59 Å². The van der Waals surface area contributed by atoms with Gasteiger partial charge in [-0.3, -0.25) is 9.59 Å². The summed E-state index contributed by atoms with van der Waals surface area (Å²) in [5, 5.41) is 0. The first-order chi connectivity index (χ1) is 11.0. The number of rotatable bonds is 9. The predicted molar refractivity (Wildman–Crippen MR) is 94.5 cm³/mol. The molecular formula is C18H29N3O2. The van der Waals surface area contributed by atoms with Gasteiger partial charge in [0.1, 0.15) is 0 Å². The third-order valence-electron chi connectivity index (χ3n) is 3.76. The minimum absolute atomic E-state index is 0.0271. The summed E-state index contributed by atoms with van der Waals surface area (Å²) in [7, 11) is 4.03. The van der Waals surface area contributed by atoms with Crippen molar-refractivity contribution in [3.05, 3.63) is 30.3 Å². The first kappa shape index (κ1) is 19.2. The van der Waals surface area contributed by atoms with Crippen molar-refractivity contribution in [1.82, 2.24) is 9.80 Å². The highest BCUT2D eigenvalue weighted by Gasteiger charge is 2.16. The van der Waals surface area contributed by atoms with Crippen molar-refractivity contribution in [2.24, 2.45) is 0 Å². The normalized spacial score (nSPS) is 10.7. The van der Waals surface area contributed by atoms with E-state index >= 15 is 0 Å². The van der Waals surface area contributed by atoms with Crippen LogP contribution in [0.5, 0.6) is 0 Å². The zero-order chi connectivity index (χ0) is 17.2. The van der Waals surface area contributed by atoms with E-state index in [0.29, 0.717) is 26.1 Å². The molecule has 0 saturated carbocycles. The van der Waals surface area contributed by atoms with Gasteiger partial charge < -0.3 is 14.7 Å². The van der Waals surface area contributed by atoms with Crippen LogP contribution < -0.4 is 4.90 Å². The Labute approximate surface area is 139 Å². The minimum atomic E-state index is 0.0271. The molecule has 0 bridgehead atoms. The van der Waals surface area contributed by atoms with Gasteiger partial charge >= 0.3 is 0 Å². The zero-order valence-corrected chi connectivity index (χ0v) is 14.8. The fourth-order valence-corrected chi connectivity index (χ4v) is 2.48. The molecule has 0 N–H and O–H groups in total. The number of benzene rings is 1. The molecule has 1 aromatic rings. The lowest BCUT2D eigenvalue weighted by atomic mass is 10.2. The Bertz CT molecular complexity index is 488. The summed E-state index contributed by atoms with van der Waals surface area (Å²) < 4.78 is 0. The van der Waals surface area contributed by atoms with Gasteiger partial charge in [0.15, 0.2) is 0 Å². The Kier molecular flexibility index (Phi) is 8.33. The summed E-state index contributed by atoms with van der Waals surface area (Å²) in [6.45, 7) is 6.26. The fourth-order valence-electron chi connectivity index (χ4n) is 2.48. The number of nitrogens with zero attached hydrogens (tertiary/aromatic N) is 3. The van der Waals surface area contributed by atoms with Crippen LogP contribution >= 0.6 is 0 Å². The molecule has 0 aromatic heterocycles. The number of carbonyl (C=O) groups excluding carboxylic acids is 2. The van der Waals surface area contributed by atoms with Crippen LogP contribution in [0.2, 0.25) is 0 Å². The molecular weight excluding hydrogens is 290 g/mol. The highest BCUT2D eigenvalue weighted by molar-refractivity contribution is 5.93. The van der Waals surface area contributed by atoms with Crippen molar-refractivity contribution < 1.29 is 9.59 Å². The molecule has 0 radical (unpaired) electrons.